The maximum atomic E-state index is 5.79. The Hall–Kier alpha value is -2.62. The van der Waals surface area contributed by atoms with Crippen molar-refractivity contribution in [2.45, 2.75) is 20.1 Å². The van der Waals surface area contributed by atoms with Crippen molar-refractivity contribution in [2.75, 3.05) is 0 Å². The molecule has 108 valence electrons. The molecule has 4 nitrogen and oxygen atoms in total. The van der Waals surface area contributed by atoms with Gasteiger partial charge in [0.1, 0.15) is 11.5 Å². The summed E-state index contributed by atoms with van der Waals surface area (Å²) in [5.74, 6) is 2.38. The molecule has 4 heteroatoms. The lowest BCUT2D eigenvalue weighted by molar-refractivity contribution is -0.0291. The summed E-state index contributed by atoms with van der Waals surface area (Å²) in [4.78, 5) is 0. The number of aryl methyl sites for hydroxylation is 2. The zero-order chi connectivity index (χ0) is 14.7. The quantitative estimate of drug-likeness (QED) is 0.640. The van der Waals surface area contributed by atoms with Gasteiger partial charge in [0.25, 0.3) is 18.2 Å². The number of hydrogen-bond donors (Lipinski definition) is 0. The Bertz CT molecular complexity index is 654. The largest absolute Gasteiger partial charge is 0.431 e. The molecule has 0 unspecified atom stereocenters. The van der Waals surface area contributed by atoms with E-state index in [0.29, 0.717) is 11.9 Å². The Labute approximate surface area is 122 Å². The topological polar surface area (TPSA) is 44.7 Å². The van der Waals surface area contributed by atoms with Gasteiger partial charge in [0.15, 0.2) is 0 Å². The summed E-state index contributed by atoms with van der Waals surface area (Å²) in [6.45, 7) is 3.72. The average molecular weight is 284 g/mol. The number of furan rings is 2. The molecular weight excluding hydrogens is 268 g/mol. The monoisotopic (exact) mass is 284 g/mol. The fourth-order valence-corrected chi connectivity index (χ4v) is 1.93. The maximum Gasteiger partial charge on any atom is 0.287 e. The van der Waals surface area contributed by atoms with E-state index < -0.39 is 6.29 Å². The van der Waals surface area contributed by atoms with Crippen molar-refractivity contribution in [3.63, 3.8) is 0 Å². The minimum atomic E-state index is -0.637. The van der Waals surface area contributed by atoms with E-state index in [9.17, 15) is 0 Å². The lowest BCUT2D eigenvalue weighted by Crippen LogP contribution is -2.14. The van der Waals surface area contributed by atoms with Crippen molar-refractivity contribution in [1.29, 1.82) is 0 Å². The van der Waals surface area contributed by atoms with E-state index in [4.69, 9.17) is 18.3 Å². The van der Waals surface area contributed by atoms with Gasteiger partial charge in [-0.3, -0.25) is 0 Å². The van der Waals surface area contributed by atoms with Crippen LogP contribution in [0.2, 0.25) is 0 Å². The molecule has 0 aliphatic heterocycles. The van der Waals surface area contributed by atoms with E-state index in [1.807, 2.05) is 56.3 Å². The van der Waals surface area contributed by atoms with E-state index in [-0.39, 0.29) is 0 Å². The van der Waals surface area contributed by atoms with Gasteiger partial charge in [0.2, 0.25) is 0 Å². The summed E-state index contributed by atoms with van der Waals surface area (Å²) in [5, 5.41) is 0. The maximum absolute atomic E-state index is 5.79. The molecule has 0 bridgehead atoms. The first kappa shape index (κ1) is 13.4. The molecule has 0 amide bonds. The first-order valence-electron chi connectivity index (χ1n) is 6.72. The second-order valence-electron chi connectivity index (χ2n) is 4.71. The standard InChI is InChI=1S/C17H16O4/c1-12-8-10-15(18-12)20-17(14-6-4-3-5-7-14)21-16-11-9-13(2)19-16/h3-11,17H,1-2H3. The fourth-order valence-electron chi connectivity index (χ4n) is 1.93. The van der Waals surface area contributed by atoms with Crippen LogP contribution in [0.1, 0.15) is 23.4 Å². The third-order valence-corrected chi connectivity index (χ3v) is 2.95. The first-order valence-corrected chi connectivity index (χ1v) is 6.72. The van der Waals surface area contributed by atoms with E-state index in [1.54, 1.807) is 12.1 Å². The zero-order valence-electron chi connectivity index (χ0n) is 11.9. The lowest BCUT2D eigenvalue weighted by atomic mass is 10.2. The summed E-state index contributed by atoms with van der Waals surface area (Å²) in [7, 11) is 0. The molecule has 3 aromatic rings. The Kier molecular flexibility index (Phi) is 3.69. The van der Waals surface area contributed by atoms with Crippen LogP contribution >= 0.6 is 0 Å². The van der Waals surface area contributed by atoms with Crippen LogP contribution in [0, 0.1) is 13.8 Å². The van der Waals surface area contributed by atoms with Crippen LogP contribution < -0.4 is 9.47 Å². The molecule has 2 aromatic heterocycles. The Balaban J connectivity index is 1.83. The van der Waals surface area contributed by atoms with Crippen LogP contribution in [-0.2, 0) is 0 Å². The van der Waals surface area contributed by atoms with E-state index in [1.165, 1.54) is 0 Å². The summed E-state index contributed by atoms with van der Waals surface area (Å²) >= 11 is 0. The van der Waals surface area contributed by atoms with Crippen LogP contribution in [0.4, 0.5) is 0 Å². The Morgan fingerprint density at radius 2 is 1.24 bits per heavy atom. The predicted octanol–water partition coefficient (Wildman–Crippen LogP) is 4.65. The Morgan fingerprint density at radius 1 is 0.714 bits per heavy atom. The Morgan fingerprint density at radius 3 is 1.67 bits per heavy atom. The minimum Gasteiger partial charge on any atom is -0.431 e. The molecule has 0 saturated heterocycles. The van der Waals surface area contributed by atoms with Crippen molar-refractivity contribution in [3.05, 3.63) is 71.7 Å². The summed E-state index contributed by atoms with van der Waals surface area (Å²) in [6, 6.07) is 16.9. The van der Waals surface area contributed by atoms with Gasteiger partial charge in [-0.05, 0) is 26.0 Å². The fraction of sp³-hybridized carbons (Fsp3) is 0.176. The molecule has 0 aliphatic carbocycles. The lowest BCUT2D eigenvalue weighted by Gasteiger charge is -2.17. The van der Waals surface area contributed by atoms with E-state index >= 15 is 0 Å². The van der Waals surface area contributed by atoms with Crippen LogP contribution in [0.25, 0.3) is 0 Å². The van der Waals surface area contributed by atoms with Gasteiger partial charge in [-0.1, -0.05) is 30.3 Å². The van der Waals surface area contributed by atoms with Crippen LogP contribution in [0.5, 0.6) is 11.9 Å². The van der Waals surface area contributed by atoms with Crippen molar-refractivity contribution in [2.24, 2.45) is 0 Å². The average Bonchev–Trinajstić information content (AvgIpc) is 3.08. The van der Waals surface area contributed by atoms with Crippen molar-refractivity contribution < 1.29 is 18.3 Å². The normalized spacial score (nSPS) is 10.8. The summed E-state index contributed by atoms with van der Waals surface area (Å²) < 4.78 is 22.5. The third kappa shape index (κ3) is 3.28. The number of hydrogen-bond acceptors (Lipinski definition) is 4. The molecule has 0 aliphatic rings. The molecule has 0 spiro atoms. The third-order valence-electron chi connectivity index (χ3n) is 2.95. The molecule has 0 N–H and O–H groups in total. The first-order chi connectivity index (χ1) is 10.2. The van der Waals surface area contributed by atoms with Crippen molar-refractivity contribution >= 4 is 0 Å². The molecule has 2 heterocycles. The van der Waals surface area contributed by atoms with Gasteiger partial charge in [-0.15, -0.1) is 0 Å². The van der Waals surface area contributed by atoms with Crippen LogP contribution in [0.3, 0.4) is 0 Å². The van der Waals surface area contributed by atoms with Crippen molar-refractivity contribution in [1.82, 2.24) is 0 Å². The second kappa shape index (κ2) is 5.79. The van der Waals surface area contributed by atoms with Crippen LogP contribution in [0.15, 0.2) is 63.4 Å². The smallest absolute Gasteiger partial charge is 0.287 e. The van der Waals surface area contributed by atoms with Crippen LogP contribution in [-0.4, -0.2) is 0 Å². The molecule has 0 saturated carbocycles. The molecule has 0 radical (unpaired) electrons. The highest BCUT2D eigenvalue weighted by atomic mass is 16.7. The molecule has 21 heavy (non-hydrogen) atoms. The molecule has 0 atom stereocenters. The summed E-state index contributed by atoms with van der Waals surface area (Å²) in [5.41, 5.74) is 0.876. The molecule has 3 rings (SSSR count). The van der Waals surface area contributed by atoms with Gasteiger partial charge >= 0.3 is 0 Å². The van der Waals surface area contributed by atoms with Gasteiger partial charge < -0.3 is 18.3 Å². The highest BCUT2D eigenvalue weighted by molar-refractivity contribution is 5.20. The highest BCUT2D eigenvalue weighted by Gasteiger charge is 2.18. The van der Waals surface area contributed by atoms with Gasteiger partial charge in [-0.25, -0.2) is 0 Å². The minimum absolute atomic E-state index is 0.407. The van der Waals surface area contributed by atoms with Gasteiger partial charge in [0, 0.05) is 17.7 Å². The molecular formula is C17H16O4. The van der Waals surface area contributed by atoms with Crippen molar-refractivity contribution in [3.8, 4) is 11.9 Å². The van der Waals surface area contributed by atoms with E-state index in [2.05, 4.69) is 0 Å². The molecule has 0 fully saturated rings. The number of rotatable bonds is 5. The number of ether oxygens (including phenoxy) is 2. The second-order valence-corrected chi connectivity index (χ2v) is 4.71. The predicted molar refractivity (Wildman–Crippen MR) is 77.3 cm³/mol. The molecule has 1 aromatic carbocycles. The number of benzene rings is 1. The zero-order valence-corrected chi connectivity index (χ0v) is 11.9. The van der Waals surface area contributed by atoms with Gasteiger partial charge in [-0.2, -0.15) is 0 Å². The summed E-state index contributed by atoms with van der Waals surface area (Å²) in [6.07, 6.45) is -0.637. The SMILES string of the molecule is Cc1ccc(OC(Oc2ccc(C)o2)c2ccccc2)o1. The van der Waals surface area contributed by atoms with Gasteiger partial charge in [0.05, 0.1) is 0 Å². The van der Waals surface area contributed by atoms with E-state index in [0.717, 1.165) is 17.1 Å². The highest BCUT2D eigenvalue weighted by Crippen LogP contribution is 2.27.